The number of aromatic nitrogens is 2. The van der Waals surface area contributed by atoms with Crippen LogP contribution in [0.25, 0.3) is 33.5 Å². The largest absolute Gasteiger partial charge is 0.450 e. The van der Waals surface area contributed by atoms with Crippen LogP contribution in [-0.4, -0.2) is 22.7 Å². The number of benzene rings is 3. The number of anilines is 1. The fourth-order valence-electron chi connectivity index (χ4n) is 3.01. The number of ether oxygens (including phenoxy) is 1. The van der Waals surface area contributed by atoms with Crippen LogP contribution >= 0.6 is 0 Å². The van der Waals surface area contributed by atoms with Gasteiger partial charge in [-0.05, 0) is 25.1 Å². The lowest BCUT2D eigenvalue weighted by Crippen LogP contribution is -2.13. The molecule has 1 amide bonds. The Morgan fingerprint density at radius 3 is 1.96 bits per heavy atom. The van der Waals surface area contributed by atoms with Crippen LogP contribution in [-0.2, 0) is 4.74 Å². The van der Waals surface area contributed by atoms with Crippen molar-refractivity contribution < 1.29 is 9.53 Å². The zero-order valence-electron chi connectivity index (χ0n) is 15.4. The quantitative estimate of drug-likeness (QED) is 0.513. The van der Waals surface area contributed by atoms with E-state index in [2.05, 4.69) is 5.32 Å². The minimum Gasteiger partial charge on any atom is -0.450 e. The second-order valence-corrected chi connectivity index (χ2v) is 6.20. The number of amides is 1. The van der Waals surface area contributed by atoms with Crippen molar-refractivity contribution in [2.45, 2.75) is 6.92 Å². The van der Waals surface area contributed by atoms with Crippen LogP contribution < -0.4 is 5.32 Å². The van der Waals surface area contributed by atoms with Gasteiger partial charge in [-0.25, -0.2) is 14.8 Å². The molecule has 0 fully saturated rings. The average Bonchev–Trinajstić information content (AvgIpc) is 2.74. The number of hydrogen-bond donors (Lipinski definition) is 1. The Bertz CT molecular complexity index is 1110. The third-order valence-electron chi connectivity index (χ3n) is 4.28. The van der Waals surface area contributed by atoms with E-state index in [0.717, 1.165) is 28.0 Å². The molecule has 0 atom stereocenters. The van der Waals surface area contributed by atoms with Crippen LogP contribution in [0.2, 0.25) is 0 Å². The van der Waals surface area contributed by atoms with Crippen molar-refractivity contribution in [2.24, 2.45) is 0 Å². The Morgan fingerprint density at radius 2 is 1.39 bits per heavy atom. The van der Waals surface area contributed by atoms with E-state index in [4.69, 9.17) is 14.7 Å². The van der Waals surface area contributed by atoms with E-state index in [1.54, 1.807) is 19.1 Å². The zero-order valence-corrected chi connectivity index (χ0v) is 15.4. The Labute approximate surface area is 163 Å². The van der Waals surface area contributed by atoms with Gasteiger partial charge in [0.15, 0.2) is 0 Å². The molecule has 4 aromatic rings. The molecule has 5 heteroatoms. The number of nitrogens with zero attached hydrogens (tertiary/aromatic N) is 2. The number of nitrogens with one attached hydrogen (secondary N) is 1. The lowest BCUT2D eigenvalue weighted by Gasteiger charge is -2.12. The number of carbonyl (C=O) groups is 1. The summed E-state index contributed by atoms with van der Waals surface area (Å²) in [6, 6.07) is 25.4. The molecule has 0 spiro atoms. The summed E-state index contributed by atoms with van der Waals surface area (Å²) in [5.41, 5.74) is 5.69. The molecule has 0 aliphatic carbocycles. The summed E-state index contributed by atoms with van der Waals surface area (Å²) in [7, 11) is 0. The maximum Gasteiger partial charge on any atom is 0.411 e. The maximum atomic E-state index is 11.7. The van der Waals surface area contributed by atoms with Crippen molar-refractivity contribution >= 4 is 22.8 Å². The van der Waals surface area contributed by atoms with Crippen LogP contribution in [0, 0.1) is 0 Å². The molecule has 0 radical (unpaired) electrons. The van der Waals surface area contributed by atoms with Crippen molar-refractivity contribution in [3.05, 3.63) is 78.9 Å². The highest BCUT2D eigenvalue weighted by Gasteiger charge is 2.13. The van der Waals surface area contributed by atoms with Gasteiger partial charge in [0.2, 0.25) is 0 Å². The normalized spacial score (nSPS) is 10.6. The van der Waals surface area contributed by atoms with Crippen LogP contribution in [0.5, 0.6) is 0 Å². The van der Waals surface area contributed by atoms with Gasteiger partial charge in [-0.1, -0.05) is 60.7 Å². The molecule has 0 unspecified atom stereocenters. The van der Waals surface area contributed by atoms with E-state index in [-0.39, 0.29) is 0 Å². The van der Waals surface area contributed by atoms with Crippen molar-refractivity contribution in [3.63, 3.8) is 0 Å². The molecule has 4 rings (SSSR count). The van der Waals surface area contributed by atoms with Gasteiger partial charge in [0.05, 0.1) is 29.0 Å². The van der Waals surface area contributed by atoms with Crippen LogP contribution in [0.4, 0.5) is 10.5 Å². The first kappa shape index (κ1) is 17.7. The summed E-state index contributed by atoms with van der Waals surface area (Å²) < 4.78 is 4.94. The van der Waals surface area contributed by atoms with Gasteiger partial charge in [0.1, 0.15) is 0 Å². The Balaban J connectivity index is 1.85. The van der Waals surface area contributed by atoms with Gasteiger partial charge in [0.25, 0.3) is 0 Å². The van der Waals surface area contributed by atoms with Crippen molar-refractivity contribution in [1.82, 2.24) is 9.97 Å². The Kier molecular flexibility index (Phi) is 4.97. The Hall–Kier alpha value is -3.73. The molecule has 3 aromatic carbocycles. The first-order chi connectivity index (χ1) is 13.7. The fraction of sp³-hybridized carbons (Fsp3) is 0.0870. The van der Waals surface area contributed by atoms with Crippen molar-refractivity contribution in [2.75, 3.05) is 11.9 Å². The van der Waals surface area contributed by atoms with Crippen molar-refractivity contribution in [3.8, 4) is 22.5 Å². The fourth-order valence-corrected chi connectivity index (χ4v) is 3.01. The van der Waals surface area contributed by atoms with Crippen LogP contribution in [0.3, 0.4) is 0 Å². The van der Waals surface area contributed by atoms with E-state index in [9.17, 15) is 4.79 Å². The monoisotopic (exact) mass is 369 g/mol. The lowest BCUT2D eigenvalue weighted by atomic mass is 10.0. The van der Waals surface area contributed by atoms with Crippen molar-refractivity contribution in [1.29, 1.82) is 0 Å². The average molecular weight is 369 g/mol. The van der Waals surface area contributed by atoms with E-state index in [1.165, 1.54) is 0 Å². The van der Waals surface area contributed by atoms with Crippen LogP contribution in [0.15, 0.2) is 78.9 Å². The molecule has 5 nitrogen and oxygen atoms in total. The summed E-state index contributed by atoms with van der Waals surface area (Å²) in [4.78, 5) is 21.5. The van der Waals surface area contributed by atoms with E-state index in [1.807, 2.05) is 66.7 Å². The SMILES string of the molecule is CCOC(=O)Nc1ccc2nc(-c3ccccc3)c(-c3ccccc3)nc2c1. The molecule has 0 aliphatic heterocycles. The molecule has 1 heterocycles. The smallest absolute Gasteiger partial charge is 0.411 e. The summed E-state index contributed by atoms with van der Waals surface area (Å²) in [5.74, 6) is 0. The molecule has 1 aromatic heterocycles. The second-order valence-electron chi connectivity index (χ2n) is 6.20. The highest BCUT2D eigenvalue weighted by molar-refractivity contribution is 5.91. The zero-order chi connectivity index (χ0) is 19.3. The van der Waals surface area contributed by atoms with Gasteiger partial charge in [-0.15, -0.1) is 0 Å². The summed E-state index contributed by atoms with van der Waals surface area (Å²) in [6.07, 6.45) is -0.487. The summed E-state index contributed by atoms with van der Waals surface area (Å²) >= 11 is 0. The van der Waals surface area contributed by atoms with E-state index >= 15 is 0 Å². The predicted molar refractivity (Wildman–Crippen MR) is 111 cm³/mol. The van der Waals surface area contributed by atoms with E-state index in [0.29, 0.717) is 17.8 Å². The molecule has 0 aliphatic rings. The molecule has 28 heavy (non-hydrogen) atoms. The lowest BCUT2D eigenvalue weighted by molar-refractivity contribution is 0.168. The highest BCUT2D eigenvalue weighted by Crippen LogP contribution is 2.31. The molecule has 1 N–H and O–H groups in total. The third-order valence-corrected chi connectivity index (χ3v) is 4.28. The molecule has 138 valence electrons. The van der Waals surface area contributed by atoms with Gasteiger partial charge in [0, 0.05) is 16.8 Å². The third kappa shape index (κ3) is 3.69. The Morgan fingerprint density at radius 1 is 0.821 bits per heavy atom. The molecule has 0 saturated heterocycles. The standard InChI is InChI=1S/C23H19N3O2/c1-2-28-23(27)24-18-13-14-19-20(15-18)26-22(17-11-7-4-8-12-17)21(25-19)16-9-5-3-6-10-16/h3-15H,2H2,1H3,(H,24,27). The molecular formula is C23H19N3O2. The number of rotatable bonds is 4. The predicted octanol–water partition coefficient (Wildman–Crippen LogP) is 5.53. The summed E-state index contributed by atoms with van der Waals surface area (Å²) in [5, 5.41) is 2.71. The molecular weight excluding hydrogens is 350 g/mol. The molecule has 0 bridgehead atoms. The number of carbonyl (C=O) groups excluding carboxylic acids is 1. The van der Waals surface area contributed by atoms with Gasteiger partial charge in [-0.2, -0.15) is 0 Å². The van der Waals surface area contributed by atoms with Crippen LogP contribution in [0.1, 0.15) is 6.92 Å². The topological polar surface area (TPSA) is 64.1 Å². The number of hydrogen-bond acceptors (Lipinski definition) is 4. The maximum absolute atomic E-state index is 11.7. The highest BCUT2D eigenvalue weighted by atomic mass is 16.5. The minimum atomic E-state index is -0.487. The van der Waals surface area contributed by atoms with Gasteiger partial charge in [-0.3, -0.25) is 5.32 Å². The van der Waals surface area contributed by atoms with E-state index < -0.39 is 6.09 Å². The first-order valence-electron chi connectivity index (χ1n) is 9.11. The number of fused-ring (bicyclic) bond motifs is 1. The van der Waals surface area contributed by atoms with Gasteiger partial charge >= 0.3 is 6.09 Å². The second kappa shape index (κ2) is 7.88. The first-order valence-corrected chi connectivity index (χ1v) is 9.11. The minimum absolute atomic E-state index is 0.317. The molecule has 0 saturated carbocycles. The van der Waals surface area contributed by atoms with Gasteiger partial charge < -0.3 is 4.74 Å². The summed E-state index contributed by atoms with van der Waals surface area (Å²) in [6.45, 7) is 2.08.